The summed E-state index contributed by atoms with van der Waals surface area (Å²) in [5.41, 5.74) is 0. The SMILES string of the molecule is CCCCC(NC(=O)C(F)(F)C(F)(F)C(=O)NC(CCCC)C(=O)[O-])C(=O)[O-]. The minimum atomic E-state index is -5.64. The Morgan fingerprint density at radius 1 is 0.750 bits per heavy atom. The molecule has 0 saturated carbocycles. The standard InChI is InChI=1S/C16H24F4N2O6/c1-3-5-7-9(11(23)24)21-13(27)15(17,18)16(19,20)14(28)22-10(12(25)26)8-6-4-2/h9-10H,3-8H2,1-2H3,(H,21,27)(H,22,28)(H,23,24)(H,25,26)/p-2. The monoisotopic (exact) mass is 414 g/mol. The molecular weight excluding hydrogens is 392 g/mol. The lowest BCUT2D eigenvalue weighted by atomic mass is 10.1. The van der Waals surface area contributed by atoms with E-state index in [4.69, 9.17) is 0 Å². The van der Waals surface area contributed by atoms with Gasteiger partial charge in [0.1, 0.15) is 0 Å². The van der Waals surface area contributed by atoms with Crippen LogP contribution in [0.3, 0.4) is 0 Å². The molecule has 0 fully saturated rings. The maximum atomic E-state index is 13.9. The van der Waals surface area contributed by atoms with Crippen molar-refractivity contribution in [1.29, 1.82) is 0 Å². The smallest absolute Gasteiger partial charge is 0.395 e. The molecule has 2 amide bonds. The van der Waals surface area contributed by atoms with Gasteiger partial charge in [-0.25, -0.2) is 0 Å². The largest absolute Gasteiger partial charge is 0.548 e. The van der Waals surface area contributed by atoms with Gasteiger partial charge in [-0.1, -0.05) is 39.5 Å². The topological polar surface area (TPSA) is 138 Å². The highest BCUT2D eigenvalue weighted by Gasteiger charge is 2.67. The first-order chi connectivity index (χ1) is 12.8. The van der Waals surface area contributed by atoms with Crippen LogP contribution in [0.1, 0.15) is 52.4 Å². The van der Waals surface area contributed by atoms with Gasteiger partial charge in [-0.2, -0.15) is 17.6 Å². The highest BCUT2D eigenvalue weighted by molar-refractivity contribution is 5.97. The van der Waals surface area contributed by atoms with Crippen LogP contribution in [0, 0.1) is 0 Å². The average Bonchev–Trinajstić information content (AvgIpc) is 2.60. The first kappa shape index (κ1) is 25.6. The molecule has 0 aliphatic carbocycles. The van der Waals surface area contributed by atoms with E-state index in [1.165, 1.54) is 10.6 Å². The Kier molecular flexibility index (Phi) is 9.88. The first-order valence-electron chi connectivity index (χ1n) is 8.62. The zero-order valence-corrected chi connectivity index (χ0v) is 15.4. The quantitative estimate of drug-likeness (QED) is 0.375. The molecule has 2 N–H and O–H groups in total. The molecule has 2 atom stereocenters. The summed E-state index contributed by atoms with van der Waals surface area (Å²) in [6, 6.07) is -3.92. The van der Waals surface area contributed by atoms with Gasteiger partial charge >= 0.3 is 11.8 Å². The summed E-state index contributed by atoms with van der Waals surface area (Å²) < 4.78 is 55.6. The van der Waals surface area contributed by atoms with Crippen LogP contribution in [0.15, 0.2) is 0 Å². The van der Waals surface area contributed by atoms with Crippen molar-refractivity contribution in [2.45, 2.75) is 76.3 Å². The highest BCUT2D eigenvalue weighted by Crippen LogP contribution is 2.35. The number of alkyl halides is 4. The van der Waals surface area contributed by atoms with E-state index in [9.17, 15) is 47.0 Å². The van der Waals surface area contributed by atoms with Gasteiger partial charge in [-0.3, -0.25) is 9.59 Å². The molecule has 2 unspecified atom stereocenters. The number of unbranched alkanes of at least 4 members (excludes halogenated alkanes) is 2. The molecule has 0 radical (unpaired) electrons. The second-order valence-electron chi connectivity index (χ2n) is 6.12. The van der Waals surface area contributed by atoms with E-state index in [0.29, 0.717) is 12.8 Å². The second kappa shape index (κ2) is 10.8. The zero-order valence-electron chi connectivity index (χ0n) is 15.4. The summed E-state index contributed by atoms with van der Waals surface area (Å²) in [5.74, 6) is -20.6. The number of carbonyl (C=O) groups excluding carboxylic acids is 4. The first-order valence-corrected chi connectivity index (χ1v) is 8.62. The van der Waals surface area contributed by atoms with Crippen LogP contribution in [0.2, 0.25) is 0 Å². The van der Waals surface area contributed by atoms with E-state index in [0.717, 1.165) is 0 Å². The van der Waals surface area contributed by atoms with Crippen molar-refractivity contribution in [2.75, 3.05) is 0 Å². The third kappa shape index (κ3) is 6.64. The molecule has 0 heterocycles. The summed E-state index contributed by atoms with van der Waals surface area (Å²) in [4.78, 5) is 44.8. The van der Waals surface area contributed by atoms with Crippen LogP contribution in [0.5, 0.6) is 0 Å². The minimum Gasteiger partial charge on any atom is -0.548 e. The van der Waals surface area contributed by atoms with Gasteiger partial charge in [0.05, 0.1) is 24.0 Å². The Hall–Kier alpha value is -2.40. The number of hydrogen-bond acceptors (Lipinski definition) is 6. The third-order valence-corrected chi connectivity index (χ3v) is 3.84. The maximum absolute atomic E-state index is 13.9. The van der Waals surface area contributed by atoms with Crippen molar-refractivity contribution in [3.8, 4) is 0 Å². The molecule has 0 rings (SSSR count). The van der Waals surface area contributed by atoms with Gasteiger partial charge in [-0.05, 0) is 12.8 Å². The zero-order chi connectivity index (χ0) is 22.1. The fraction of sp³-hybridized carbons (Fsp3) is 0.750. The molecule has 0 saturated heterocycles. The molecular formula is C16H22F4N2O6-2. The van der Waals surface area contributed by atoms with Gasteiger partial charge in [0.2, 0.25) is 0 Å². The van der Waals surface area contributed by atoms with E-state index >= 15 is 0 Å². The number of carboxylic acid groups (broad SMARTS) is 2. The second-order valence-corrected chi connectivity index (χ2v) is 6.12. The van der Waals surface area contributed by atoms with Crippen molar-refractivity contribution in [3.63, 3.8) is 0 Å². The highest BCUT2D eigenvalue weighted by atomic mass is 19.3. The molecule has 0 spiro atoms. The predicted octanol–water partition coefficient (Wildman–Crippen LogP) is -0.893. The summed E-state index contributed by atoms with van der Waals surface area (Å²) in [7, 11) is 0. The van der Waals surface area contributed by atoms with Crippen LogP contribution in [0.4, 0.5) is 17.6 Å². The fourth-order valence-corrected chi connectivity index (χ4v) is 2.10. The van der Waals surface area contributed by atoms with E-state index in [1.54, 1.807) is 13.8 Å². The van der Waals surface area contributed by atoms with Gasteiger partial charge in [0.15, 0.2) is 0 Å². The number of carboxylic acids is 2. The molecule has 28 heavy (non-hydrogen) atoms. The molecule has 8 nitrogen and oxygen atoms in total. The van der Waals surface area contributed by atoms with Crippen molar-refractivity contribution in [3.05, 3.63) is 0 Å². The van der Waals surface area contributed by atoms with Crippen LogP contribution in [0.25, 0.3) is 0 Å². The summed E-state index contributed by atoms with van der Waals surface area (Å²) in [6.07, 6.45) is 0.510. The van der Waals surface area contributed by atoms with Crippen molar-refractivity contribution >= 4 is 23.8 Å². The van der Waals surface area contributed by atoms with Gasteiger partial charge in [-0.15, -0.1) is 0 Å². The van der Waals surface area contributed by atoms with Gasteiger partial charge < -0.3 is 30.4 Å². The number of aliphatic carboxylic acids is 2. The lowest BCUT2D eigenvalue weighted by molar-refractivity contribution is -0.310. The molecule has 0 aromatic carbocycles. The normalized spacial score (nSPS) is 14.1. The number of carbonyl (C=O) groups is 4. The minimum absolute atomic E-state index is 0.173. The van der Waals surface area contributed by atoms with Crippen molar-refractivity contribution < 1.29 is 47.0 Å². The predicted molar refractivity (Wildman–Crippen MR) is 82.8 cm³/mol. The molecule has 0 aromatic heterocycles. The van der Waals surface area contributed by atoms with E-state index in [1.807, 2.05) is 0 Å². The maximum Gasteiger partial charge on any atom is 0.395 e. The van der Waals surface area contributed by atoms with Gasteiger partial charge in [0.25, 0.3) is 11.8 Å². The van der Waals surface area contributed by atoms with Crippen LogP contribution >= 0.6 is 0 Å². The molecule has 0 bridgehead atoms. The Balaban J connectivity index is 5.36. The third-order valence-electron chi connectivity index (χ3n) is 3.84. The number of halogens is 4. The van der Waals surface area contributed by atoms with Crippen molar-refractivity contribution in [1.82, 2.24) is 10.6 Å². The lowest BCUT2D eigenvalue weighted by Crippen LogP contribution is -2.63. The van der Waals surface area contributed by atoms with Crippen LogP contribution in [-0.2, 0) is 19.2 Å². The Morgan fingerprint density at radius 2 is 1.04 bits per heavy atom. The number of rotatable bonds is 13. The number of nitrogens with one attached hydrogen (secondary N) is 2. The van der Waals surface area contributed by atoms with E-state index in [-0.39, 0.29) is 25.7 Å². The van der Waals surface area contributed by atoms with Gasteiger partial charge in [0, 0.05) is 0 Å². The van der Waals surface area contributed by atoms with E-state index in [2.05, 4.69) is 0 Å². The summed E-state index contributed by atoms with van der Waals surface area (Å²) >= 11 is 0. The average molecular weight is 414 g/mol. The van der Waals surface area contributed by atoms with E-state index < -0.39 is 47.7 Å². The Bertz CT molecular complexity index is 535. The molecule has 0 aromatic rings. The summed E-state index contributed by atoms with van der Waals surface area (Å²) in [6.45, 7) is 3.26. The number of hydrogen-bond donors (Lipinski definition) is 2. The summed E-state index contributed by atoms with van der Waals surface area (Å²) in [5, 5.41) is 24.2. The Morgan fingerprint density at radius 3 is 1.25 bits per heavy atom. The van der Waals surface area contributed by atoms with Crippen molar-refractivity contribution in [2.24, 2.45) is 0 Å². The van der Waals surface area contributed by atoms with Crippen LogP contribution < -0.4 is 20.8 Å². The fourth-order valence-electron chi connectivity index (χ4n) is 2.10. The van der Waals surface area contributed by atoms with Crippen LogP contribution in [-0.4, -0.2) is 47.7 Å². The molecule has 162 valence electrons. The number of amides is 2. The Labute approximate surface area is 158 Å². The molecule has 12 heteroatoms. The molecule has 0 aliphatic rings. The lowest BCUT2D eigenvalue weighted by Gasteiger charge is -2.29. The molecule has 0 aliphatic heterocycles.